The molecule has 0 spiro atoms. The molecule has 1 aromatic carbocycles. The molecule has 1 N–H and O–H groups in total. The van der Waals surface area contributed by atoms with Crippen LogP contribution < -0.4 is 10.2 Å². The van der Waals surface area contributed by atoms with Gasteiger partial charge in [-0.1, -0.05) is 6.92 Å². The SMILES string of the molecule is CC1CCCN(C(=O)NCC2CCN(c3ccc(F)c(F)c3)C2)C1. The van der Waals surface area contributed by atoms with Gasteiger partial charge in [0, 0.05) is 44.5 Å². The van der Waals surface area contributed by atoms with Gasteiger partial charge in [-0.2, -0.15) is 0 Å². The number of carbonyl (C=O) groups excluding carboxylic acids is 1. The molecule has 0 aromatic heterocycles. The van der Waals surface area contributed by atoms with Gasteiger partial charge in [0.25, 0.3) is 0 Å². The number of anilines is 1. The Balaban J connectivity index is 1.47. The van der Waals surface area contributed by atoms with Crippen molar-refractivity contribution in [3.63, 3.8) is 0 Å². The maximum atomic E-state index is 13.4. The number of hydrogen-bond donors (Lipinski definition) is 1. The van der Waals surface area contributed by atoms with Crippen LogP contribution in [0, 0.1) is 23.5 Å². The highest BCUT2D eigenvalue weighted by molar-refractivity contribution is 5.74. The molecule has 0 radical (unpaired) electrons. The van der Waals surface area contributed by atoms with E-state index in [-0.39, 0.29) is 6.03 Å². The van der Waals surface area contributed by atoms with E-state index in [1.54, 1.807) is 6.07 Å². The third-order valence-electron chi connectivity index (χ3n) is 5.04. The van der Waals surface area contributed by atoms with Crippen LogP contribution in [0.25, 0.3) is 0 Å². The van der Waals surface area contributed by atoms with Gasteiger partial charge in [0.1, 0.15) is 0 Å². The smallest absolute Gasteiger partial charge is 0.317 e. The summed E-state index contributed by atoms with van der Waals surface area (Å²) >= 11 is 0. The Morgan fingerprint density at radius 2 is 2.04 bits per heavy atom. The molecule has 4 nitrogen and oxygen atoms in total. The van der Waals surface area contributed by atoms with Gasteiger partial charge in [-0.3, -0.25) is 0 Å². The number of carbonyl (C=O) groups is 1. The van der Waals surface area contributed by atoms with Crippen LogP contribution in [0.4, 0.5) is 19.3 Å². The number of piperidine rings is 1. The lowest BCUT2D eigenvalue weighted by molar-refractivity contribution is 0.168. The summed E-state index contributed by atoms with van der Waals surface area (Å²) in [6.07, 6.45) is 3.20. The maximum absolute atomic E-state index is 13.4. The predicted molar refractivity (Wildman–Crippen MR) is 90.0 cm³/mol. The Kier molecular flexibility index (Phi) is 5.21. The Morgan fingerprint density at radius 3 is 2.79 bits per heavy atom. The standard InChI is InChI=1S/C18H25F2N3O/c1-13-3-2-7-23(11-13)18(24)21-10-14-6-8-22(12-14)15-4-5-16(19)17(20)9-15/h4-5,9,13-14H,2-3,6-8,10-12H2,1H3,(H,21,24). The second kappa shape index (κ2) is 7.36. The molecule has 132 valence electrons. The summed E-state index contributed by atoms with van der Waals surface area (Å²) in [5.41, 5.74) is 0.701. The zero-order chi connectivity index (χ0) is 17.1. The van der Waals surface area contributed by atoms with Gasteiger partial charge >= 0.3 is 6.03 Å². The molecule has 2 amide bonds. The van der Waals surface area contributed by atoms with Gasteiger partial charge in [0.05, 0.1) is 0 Å². The first-order valence-electron chi connectivity index (χ1n) is 8.75. The molecule has 24 heavy (non-hydrogen) atoms. The molecule has 2 aliphatic heterocycles. The van der Waals surface area contributed by atoms with E-state index < -0.39 is 11.6 Å². The molecule has 2 heterocycles. The Labute approximate surface area is 141 Å². The number of amides is 2. The first-order chi connectivity index (χ1) is 11.5. The highest BCUT2D eigenvalue weighted by Crippen LogP contribution is 2.25. The molecule has 2 atom stereocenters. The van der Waals surface area contributed by atoms with Crippen LogP contribution in [0.15, 0.2) is 18.2 Å². The largest absolute Gasteiger partial charge is 0.371 e. The average Bonchev–Trinajstić information content (AvgIpc) is 3.04. The molecule has 0 aliphatic carbocycles. The van der Waals surface area contributed by atoms with Crippen LogP contribution in [0.5, 0.6) is 0 Å². The number of likely N-dealkylation sites (tertiary alicyclic amines) is 1. The summed E-state index contributed by atoms with van der Waals surface area (Å²) in [5, 5.41) is 3.03. The molecule has 2 saturated heterocycles. The van der Waals surface area contributed by atoms with Crippen molar-refractivity contribution < 1.29 is 13.6 Å². The zero-order valence-electron chi connectivity index (χ0n) is 14.1. The number of rotatable bonds is 3. The highest BCUT2D eigenvalue weighted by atomic mass is 19.2. The number of hydrogen-bond acceptors (Lipinski definition) is 2. The topological polar surface area (TPSA) is 35.6 Å². The van der Waals surface area contributed by atoms with Gasteiger partial charge in [-0.05, 0) is 43.2 Å². The third-order valence-corrected chi connectivity index (χ3v) is 5.04. The number of urea groups is 1. The van der Waals surface area contributed by atoms with Gasteiger partial charge in [-0.25, -0.2) is 13.6 Å². The molecule has 2 unspecified atom stereocenters. The fraction of sp³-hybridized carbons (Fsp3) is 0.611. The monoisotopic (exact) mass is 337 g/mol. The summed E-state index contributed by atoms with van der Waals surface area (Å²) in [6.45, 7) is 6.02. The van der Waals surface area contributed by atoms with Crippen molar-refractivity contribution in [2.24, 2.45) is 11.8 Å². The van der Waals surface area contributed by atoms with Crippen molar-refractivity contribution >= 4 is 11.7 Å². The fourth-order valence-electron chi connectivity index (χ4n) is 3.63. The first kappa shape index (κ1) is 17.0. The van der Waals surface area contributed by atoms with Crippen LogP contribution in [0.3, 0.4) is 0 Å². The average molecular weight is 337 g/mol. The van der Waals surface area contributed by atoms with Crippen LogP contribution in [0.1, 0.15) is 26.2 Å². The molecule has 3 rings (SSSR count). The van der Waals surface area contributed by atoms with Crippen molar-refractivity contribution in [3.8, 4) is 0 Å². The number of halogens is 2. The number of nitrogens with one attached hydrogen (secondary N) is 1. The molecule has 0 bridgehead atoms. The van der Waals surface area contributed by atoms with E-state index in [0.29, 0.717) is 24.1 Å². The Morgan fingerprint density at radius 1 is 1.21 bits per heavy atom. The minimum atomic E-state index is -0.822. The van der Waals surface area contributed by atoms with E-state index in [1.807, 2.05) is 9.80 Å². The zero-order valence-corrected chi connectivity index (χ0v) is 14.1. The van der Waals surface area contributed by atoms with E-state index in [1.165, 1.54) is 12.5 Å². The second-order valence-electron chi connectivity index (χ2n) is 7.08. The summed E-state index contributed by atoms with van der Waals surface area (Å²) in [4.78, 5) is 16.2. The van der Waals surface area contributed by atoms with E-state index in [0.717, 1.165) is 45.1 Å². The quantitative estimate of drug-likeness (QED) is 0.919. The summed E-state index contributed by atoms with van der Waals surface area (Å²) in [5.74, 6) is -0.731. The molecule has 2 aliphatic rings. The van der Waals surface area contributed by atoms with Crippen molar-refractivity contribution in [1.82, 2.24) is 10.2 Å². The van der Waals surface area contributed by atoms with Crippen molar-refractivity contribution in [1.29, 1.82) is 0 Å². The number of benzene rings is 1. The van der Waals surface area contributed by atoms with Crippen molar-refractivity contribution in [2.45, 2.75) is 26.2 Å². The molecule has 6 heteroatoms. The normalized spacial score (nSPS) is 24.3. The second-order valence-corrected chi connectivity index (χ2v) is 7.08. The fourth-order valence-corrected chi connectivity index (χ4v) is 3.63. The van der Waals surface area contributed by atoms with Gasteiger partial charge in [0.15, 0.2) is 11.6 Å². The van der Waals surface area contributed by atoms with Crippen LogP contribution in [-0.4, -0.2) is 43.7 Å². The minimum absolute atomic E-state index is 0.0211. The van der Waals surface area contributed by atoms with E-state index in [9.17, 15) is 13.6 Å². The van der Waals surface area contributed by atoms with Gasteiger partial charge < -0.3 is 15.1 Å². The molecular weight excluding hydrogens is 312 g/mol. The molecule has 1 aromatic rings. The predicted octanol–water partition coefficient (Wildman–Crippen LogP) is 3.23. The molecular formula is C18H25F2N3O. The number of nitrogens with zero attached hydrogens (tertiary/aromatic N) is 2. The lowest BCUT2D eigenvalue weighted by Crippen LogP contribution is -2.46. The van der Waals surface area contributed by atoms with E-state index in [2.05, 4.69) is 12.2 Å². The van der Waals surface area contributed by atoms with Crippen LogP contribution in [0.2, 0.25) is 0 Å². The first-order valence-corrected chi connectivity index (χ1v) is 8.75. The van der Waals surface area contributed by atoms with Crippen molar-refractivity contribution in [3.05, 3.63) is 29.8 Å². The van der Waals surface area contributed by atoms with Crippen molar-refractivity contribution in [2.75, 3.05) is 37.6 Å². The maximum Gasteiger partial charge on any atom is 0.317 e. The van der Waals surface area contributed by atoms with Gasteiger partial charge in [-0.15, -0.1) is 0 Å². The van der Waals surface area contributed by atoms with Crippen LogP contribution in [-0.2, 0) is 0 Å². The molecule has 2 fully saturated rings. The summed E-state index contributed by atoms with van der Waals surface area (Å²) in [6, 6.07) is 4.03. The van der Waals surface area contributed by atoms with Gasteiger partial charge in [0.2, 0.25) is 0 Å². The highest BCUT2D eigenvalue weighted by Gasteiger charge is 2.25. The molecule has 0 saturated carbocycles. The van der Waals surface area contributed by atoms with E-state index in [4.69, 9.17) is 0 Å². The minimum Gasteiger partial charge on any atom is -0.371 e. The summed E-state index contributed by atoms with van der Waals surface area (Å²) < 4.78 is 26.4. The lowest BCUT2D eigenvalue weighted by atomic mass is 10.0. The van der Waals surface area contributed by atoms with E-state index >= 15 is 0 Å². The Hall–Kier alpha value is -1.85. The Bertz CT molecular complexity index is 596. The lowest BCUT2D eigenvalue weighted by Gasteiger charge is -2.31. The van der Waals surface area contributed by atoms with Crippen LogP contribution >= 0.6 is 0 Å². The summed E-state index contributed by atoms with van der Waals surface area (Å²) in [7, 11) is 0. The third kappa shape index (κ3) is 3.97.